The number of phenols is 1. The van der Waals surface area contributed by atoms with E-state index in [1.807, 2.05) is 19.1 Å². The number of nitrogens with zero attached hydrogens (tertiary/aromatic N) is 4. The summed E-state index contributed by atoms with van der Waals surface area (Å²) in [7, 11) is 0. The molecule has 0 spiro atoms. The molecule has 0 unspecified atom stereocenters. The smallest absolute Gasteiger partial charge is 0.194 e. The molecule has 2 aromatic rings. The zero-order valence-corrected chi connectivity index (χ0v) is 15.4. The molecule has 0 bridgehead atoms. The van der Waals surface area contributed by atoms with Crippen molar-refractivity contribution in [3.05, 3.63) is 41.5 Å². The minimum absolute atomic E-state index is 0.0223. The topological polar surface area (TPSA) is 82.3 Å². The number of benzene rings is 1. The van der Waals surface area contributed by atoms with Gasteiger partial charge in [0, 0.05) is 11.6 Å². The van der Waals surface area contributed by atoms with Gasteiger partial charge in [0.2, 0.25) is 0 Å². The molecule has 27 heavy (non-hydrogen) atoms. The number of aromatic nitrogens is 2. The Morgan fingerprint density at radius 2 is 2.15 bits per heavy atom. The first kappa shape index (κ1) is 17.3. The summed E-state index contributed by atoms with van der Waals surface area (Å²) >= 11 is 0. The Morgan fingerprint density at radius 1 is 1.30 bits per heavy atom. The molecule has 1 aliphatic heterocycles. The Morgan fingerprint density at radius 3 is 2.89 bits per heavy atom. The largest absolute Gasteiger partial charge is 0.507 e. The minimum Gasteiger partial charge on any atom is -0.507 e. The zero-order chi connectivity index (χ0) is 19.0. The fourth-order valence-electron chi connectivity index (χ4n) is 4.06. The van der Waals surface area contributed by atoms with E-state index < -0.39 is 0 Å². The fraction of sp³-hybridized carbons (Fsp3) is 0.381. The van der Waals surface area contributed by atoms with Crippen LogP contribution in [0.3, 0.4) is 0 Å². The minimum atomic E-state index is 0.0223. The number of hydrogen-bond acceptors (Lipinski definition) is 6. The van der Waals surface area contributed by atoms with Crippen LogP contribution in [0.4, 0.5) is 5.82 Å². The van der Waals surface area contributed by atoms with Crippen LogP contribution in [0.5, 0.6) is 11.5 Å². The highest BCUT2D eigenvalue weighted by Crippen LogP contribution is 2.39. The van der Waals surface area contributed by atoms with Gasteiger partial charge < -0.3 is 14.7 Å². The van der Waals surface area contributed by atoms with Gasteiger partial charge in [0.05, 0.1) is 24.2 Å². The third kappa shape index (κ3) is 3.10. The molecule has 1 saturated carbocycles. The van der Waals surface area contributed by atoms with Crippen LogP contribution in [0.25, 0.3) is 11.3 Å². The van der Waals surface area contributed by atoms with Crippen LogP contribution in [0.1, 0.15) is 36.8 Å². The van der Waals surface area contributed by atoms with E-state index in [-0.39, 0.29) is 11.8 Å². The predicted octanol–water partition coefficient (Wildman–Crippen LogP) is 3.73. The zero-order valence-electron chi connectivity index (χ0n) is 15.4. The average Bonchev–Trinajstić information content (AvgIpc) is 2.67. The third-order valence-corrected chi connectivity index (χ3v) is 5.38. The Kier molecular flexibility index (Phi) is 4.44. The summed E-state index contributed by atoms with van der Waals surface area (Å²) in [4.78, 5) is 2.25. The van der Waals surface area contributed by atoms with Crippen molar-refractivity contribution in [2.75, 3.05) is 18.1 Å². The van der Waals surface area contributed by atoms with Crippen molar-refractivity contribution in [2.24, 2.45) is 0 Å². The van der Waals surface area contributed by atoms with Crippen LogP contribution < -0.4 is 9.64 Å². The van der Waals surface area contributed by atoms with Crippen LogP contribution in [-0.4, -0.2) is 34.5 Å². The fourth-order valence-corrected chi connectivity index (χ4v) is 4.06. The first-order valence-corrected chi connectivity index (χ1v) is 9.27. The lowest BCUT2D eigenvalue weighted by molar-refractivity contribution is 0.294. The van der Waals surface area contributed by atoms with E-state index in [0.717, 1.165) is 30.8 Å². The summed E-state index contributed by atoms with van der Waals surface area (Å²) in [6.07, 6.45) is 4.53. The first-order chi connectivity index (χ1) is 13.1. The van der Waals surface area contributed by atoms with Crippen molar-refractivity contribution in [2.45, 2.75) is 38.6 Å². The van der Waals surface area contributed by atoms with Gasteiger partial charge in [-0.05, 0) is 43.9 Å². The van der Waals surface area contributed by atoms with E-state index >= 15 is 0 Å². The molecule has 6 nitrogen and oxygen atoms in total. The number of nitriles is 1. The van der Waals surface area contributed by atoms with Gasteiger partial charge in [-0.15, -0.1) is 10.2 Å². The molecule has 4 rings (SSSR count). The van der Waals surface area contributed by atoms with Gasteiger partial charge in [0.25, 0.3) is 0 Å². The van der Waals surface area contributed by atoms with E-state index in [2.05, 4.69) is 21.7 Å². The summed E-state index contributed by atoms with van der Waals surface area (Å²) in [6, 6.07) is 7.34. The lowest BCUT2D eigenvalue weighted by Gasteiger charge is -2.39. The second-order valence-electron chi connectivity index (χ2n) is 7.18. The number of anilines is 1. The van der Waals surface area contributed by atoms with Crippen LogP contribution in [0.2, 0.25) is 0 Å². The summed E-state index contributed by atoms with van der Waals surface area (Å²) in [5, 5.41) is 28.2. The highest BCUT2D eigenvalue weighted by Gasteiger charge is 2.30. The van der Waals surface area contributed by atoms with Crippen LogP contribution in [0.15, 0.2) is 30.4 Å². The Bertz CT molecular complexity index is 925. The van der Waals surface area contributed by atoms with Crippen molar-refractivity contribution in [1.29, 1.82) is 5.26 Å². The molecule has 1 aromatic carbocycles. The van der Waals surface area contributed by atoms with Gasteiger partial charge in [-0.25, -0.2) is 0 Å². The maximum absolute atomic E-state index is 10.4. The van der Waals surface area contributed by atoms with Gasteiger partial charge in [0.1, 0.15) is 18.1 Å². The van der Waals surface area contributed by atoms with Crippen LogP contribution in [-0.2, 0) is 0 Å². The monoisotopic (exact) mass is 362 g/mol. The Labute approximate surface area is 158 Å². The average molecular weight is 362 g/mol. The standard InChI is InChI=1S/C21H22N4O2/c1-13-5-3-4-6-17(13)25-7-8-27-19-11-16(23-24-21(19)25)20-14(2)9-15(12-22)10-18(20)26/h9-11,17,26H,1,3-8H2,2H3/t17-/m1/s1. The van der Waals surface area contributed by atoms with Gasteiger partial charge in [0.15, 0.2) is 11.6 Å². The quantitative estimate of drug-likeness (QED) is 0.820. The molecular formula is C21H22N4O2. The number of aromatic hydroxyl groups is 1. The number of ether oxygens (including phenoxy) is 1. The van der Waals surface area contributed by atoms with Gasteiger partial charge >= 0.3 is 0 Å². The highest BCUT2D eigenvalue weighted by molar-refractivity contribution is 5.74. The molecule has 0 amide bonds. The normalized spacial score (nSPS) is 19.2. The summed E-state index contributed by atoms with van der Waals surface area (Å²) < 4.78 is 5.86. The predicted molar refractivity (Wildman–Crippen MR) is 103 cm³/mol. The molecule has 1 atom stereocenters. The van der Waals surface area contributed by atoms with E-state index in [4.69, 9.17) is 10.00 Å². The molecule has 0 saturated heterocycles. The maximum Gasteiger partial charge on any atom is 0.194 e. The van der Waals surface area contributed by atoms with E-state index in [1.165, 1.54) is 24.5 Å². The molecule has 0 radical (unpaired) electrons. The van der Waals surface area contributed by atoms with Crippen LogP contribution in [0, 0.1) is 18.3 Å². The van der Waals surface area contributed by atoms with E-state index in [1.54, 1.807) is 6.07 Å². The summed E-state index contributed by atoms with van der Waals surface area (Å²) in [5.41, 5.74) is 3.55. The lowest BCUT2D eigenvalue weighted by atomic mass is 9.89. The Hall–Kier alpha value is -3.07. The third-order valence-electron chi connectivity index (χ3n) is 5.38. The van der Waals surface area contributed by atoms with Crippen molar-refractivity contribution < 1.29 is 9.84 Å². The molecule has 1 aromatic heterocycles. The number of aryl methyl sites for hydroxylation is 1. The molecule has 2 heterocycles. The SMILES string of the molecule is C=C1CCCC[C@H]1N1CCOc2cc(-c3c(C)cc(C#N)cc3O)nnc21. The van der Waals surface area contributed by atoms with Crippen molar-refractivity contribution in [1.82, 2.24) is 10.2 Å². The second-order valence-corrected chi connectivity index (χ2v) is 7.18. The highest BCUT2D eigenvalue weighted by atomic mass is 16.5. The summed E-state index contributed by atoms with van der Waals surface area (Å²) in [5.74, 6) is 1.44. The molecule has 6 heteroatoms. The lowest BCUT2D eigenvalue weighted by Crippen LogP contribution is -2.43. The number of phenolic OH excluding ortho intramolecular Hbond substituents is 1. The number of fused-ring (bicyclic) bond motifs is 1. The van der Waals surface area contributed by atoms with E-state index in [9.17, 15) is 5.11 Å². The maximum atomic E-state index is 10.4. The molecule has 1 N–H and O–H groups in total. The Balaban J connectivity index is 1.72. The van der Waals surface area contributed by atoms with E-state index in [0.29, 0.717) is 29.2 Å². The molecule has 2 aliphatic rings. The van der Waals surface area contributed by atoms with Gasteiger partial charge in [-0.2, -0.15) is 5.26 Å². The molecule has 138 valence electrons. The van der Waals surface area contributed by atoms with Crippen LogP contribution >= 0.6 is 0 Å². The molecule has 1 fully saturated rings. The van der Waals surface area contributed by atoms with Crippen molar-refractivity contribution >= 4 is 5.82 Å². The van der Waals surface area contributed by atoms with Crippen molar-refractivity contribution in [3.8, 4) is 28.8 Å². The molecule has 1 aliphatic carbocycles. The van der Waals surface area contributed by atoms with Gasteiger partial charge in [-0.1, -0.05) is 18.6 Å². The summed E-state index contributed by atoms with van der Waals surface area (Å²) in [6.45, 7) is 7.46. The first-order valence-electron chi connectivity index (χ1n) is 9.27. The number of rotatable bonds is 2. The number of hydrogen-bond donors (Lipinski definition) is 1. The second kappa shape index (κ2) is 6.92. The van der Waals surface area contributed by atoms with Gasteiger partial charge in [-0.3, -0.25) is 0 Å². The molecular weight excluding hydrogens is 340 g/mol. The van der Waals surface area contributed by atoms with Crippen molar-refractivity contribution in [3.63, 3.8) is 0 Å².